The van der Waals surface area contributed by atoms with Crippen molar-refractivity contribution in [1.82, 2.24) is 4.90 Å². The molecule has 2 atom stereocenters. The Balaban J connectivity index is 1.74. The number of benzene rings is 1. The number of hydrogen-bond donors (Lipinski definition) is 0. The van der Waals surface area contributed by atoms with Crippen LogP contribution in [-0.2, 0) is 16.0 Å². The molecule has 2 aliphatic rings. The number of carbonyl (C=O) groups excluding carboxylic acids is 1. The number of piperidine rings is 1. The number of carbonyl (C=O) groups is 1. The van der Waals surface area contributed by atoms with Gasteiger partial charge < -0.3 is 9.64 Å². The summed E-state index contributed by atoms with van der Waals surface area (Å²) in [6, 6.07) is 10.6. The maximum absolute atomic E-state index is 11.9. The molecular formula is C14H17NO2. The van der Waals surface area contributed by atoms with Gasteiger partial charge >= 0.3 is 0 Å². The molecule has 2 fully saturated rings. The second kappa shape index (κ2) is 4.49. The van der Waals surface area contributed by atoms with Crippen LogP contribution in [0, 0.1) is 0 Å². The summed E-state index contributed by atoms with van der Waals surface area (Å²) < 4.78 is 5.72. The van der Waals surface area contributed by atoms with Gasteiger partial charge in [0.05, 0.1) is 12.6 Å². The van der Waals surface area contributed by atoms with E-state index in [0.29, 0.717) is 13.0 Å². The van der Waals surface area contributed by atoms with Gasteiger partial charge in [-0.25, -0.2) is 0 Å². The molecule has 0 bridgehead atoms. The lowest BCUT2D eigenvalue weighted by Crippen LogP contribution is -2.45. The summed E-state index contributed by atoms with van der Waals surface area (Å²) in [4.78, 5) is 13.9. The molecule has 2 saturated heterocycles. The third-order valence-electron chi connectivity index (χ3n) is 3.63. The van der Waals surface area contributed by atoms with Crippen molar-refractivity contribution in [2.45, 2.75) is 38.0 Å². The summed E-state index contributed by atoms with van der Waals surface area (Å²) in [5.74, 6) is 0.264. The zero-order chi connectivity index (χ0) is 11.7. The molecule has 1 aromatic carbocycles. The van der Waals surface area contributed by atoms with E-state index in [4.69, 9.17) is 4.74 Å². The molecule has 0 radical (unpaired) electrons. The van der Waals surface area contributed by atoms with Gasteiger partial charge in [0.25, 0.3) is 0 Å². The molecule has 3 heteroatoms. The number of fused-ring (bicyclic) bond motifs is 1. The van der Waals surface area contributed by atoms with Gasteiger partial charge in [-0.1, -0.05) is 30.3 Å². The van der Waals surface area contributed by atoms with Crippen LogP contribution in [0.5, 0.6) is 0 Å². The summed E-state index contributed by atoms with van der Waals surface area (Å²) in [5.41, 5.74) is 1.28. The van der Waals surface area contributed by atoms with Crippen LogP contribution in [0.1, 0.15) is 24.8 Å². The van der Waals surface area contributed by atoms with E-state index < -0.39 is 0 Å². The highest BCUT2D eigenvalue weighted by Gasteiger charge is 2.39. The fourth-order valence-corrected chi connectivity index (χ4v) is 2.80. The van der Waals surface area contributed by atoms with E-state index >= 15 is 0 Å². The van der Waals surface area contributed by atoms with Crippen molar-refractivity contribution < 1.29 is 9.53 Å². The molecule has 2 heterocycles. The largest absolute Gasteiger partial charge is 0.356 e. The zero-order valence-electron chi connectivity index (χ0n) is 9.84. The smallest absolute Gasteiger partial charge is 0.224 e. The molecule has 0 aliphatic carbocycles. The predicted octanol–water partition coefficient (Wildman–Crippen LogP) is 1.97. The minimum absolute atomic E-state index is 0.0463. The van der Waals surface area contributed by atoms with Crippen LogP contribution in [0.4, 0.5) is 0 Å². The van der Waals surface area contributed by atoms with Crippen molar-refractivity contribution >= 4 is 5.91 Å². The van der Waals surface area contributed by atoms with Crippen LogP contribution in [0.25, 0.3) is 0 Å². The van der Waals surface area contributed by atoms with E-state index in [1.807, 2.05) is 23.1 Å². The summed E-state index contributed by atoms with van der Waals surface area (Å²) >= 11 is 0. The van der Waals surface area contributed by atoms with Gasteiger partial charge in [-0.15, -0.1) is 0 Å². The molecule has 1 aromatic rings. The molecule has 1 amide bonds. The first-order valence-corrected chi connectivity index (χ1v) is 6.31. The Morgan fingerprint density at radius 1 is 1.29 bits per heavy atom. The zero-order valence-corrected chi connectivity index (χ0v) is 9.84. The molecule has 0 spiro atoms. The highest BCUT2D eigenvalue weighted by atomic mass is 16.5. The minimum Gasteiger partial charge on any atom is -0.356 e. The molecule has 0 saturated carbocycles. The minimum atomic E-state index is 0.0463. The molecule has 90 valence electrons. The second-order valence-electron chi connectivity index (χ2n) is 4.82. The van der Waals surface area contributed by atoms with E-state index in [1.165, 1.54) is 5.56 Å². The predicted molar refractivity (Wildman–Crippen MR) is 64.4 cm³/mol. The summed E-state index contributed by atoms with van der Waals surface area (Å²) in [5, 5.41) is 0. The van der Waals surface area contributed by atoms with Gasteiger partial charge in [0, 0.05) is 6.42 Å². The normalized spacial score (nSPS) is 28.2. The van der Waals surface area contributed by atoms with Crippen LogP contribution < -0.4 is 0 Å². The van der Waals surface area contributed by atoms with Gasteiger partial charge in [-0.2, -0.15) is 0 Å². The van der Waals surface area contributed by atoms with Crippen molar-refractivity contribution in [2.75, 3.05) is 6.61 Å². The van der Waals surface area contributed by atoms with Gasteiger partial charge in [-0.3, -0.25) is 4.79 Å². The SMILES string of the molecule is O=C1CCC[C@H]2OC[C@H](Cc3ccccc3)N12. The molecule has 0 unspecified atom stereocenters. The van der Waals surface area contributed by atoms with Gasteiger partial charge in [0.2, 0.25) is 5.91 Å². The molecule has 3 nitrogen and oxygen atoms in total. The maximum atomic E-state index is 11.9. The van der Waals surface area contributed by atoms with E-state index in [1.54, 1.807) is 0 Å². The highest BCUT2D eigenvalue weighted by Crippen LogP contribution is 2.28. The van der Waals surface area contributed by atoms with E-state index in [0.717, 1.165) is 19.3 Å². The first-order chi connectivity index (χ1) is 8.34. The van der Waals surface area contributed by atoms with Crippen molar-refractivity contribution in [3.8, 4) is 0 Å². The Hall–Kier alpha value is -1.35. The van der Waals surface area contributed by atoms with Crippen LogP contribution in [0.15, 0.2) is 30.3 Å². The summed E-state index contributed by atoms with van der Waals surface area (Å²) in [7, 11) is 0. The number of hydrogen-bond acceptors (Lipinski definition) is 2. The van der Waals surface area contributed by atoms with Gasteiger partial charge in [0.1, 0.15) is 6.23 Å². The number of rotatable bonds is 2. The van der Waals surface area contributed by atoms with E-state index in [2.05, 4.69) is 12.1 Å². The standard InChI is InChI=1S/C14H17NO2/c16-13-7-4-8-14-15(13)12(10-17-14)9-11-5-2-1-3-6-11/h1-3,5-6,12,14H,4,7-10H2/t12-,14+/m0/s1. The quantitative estimate of drug-likeness (QED) is 0.778. The number of ether oxygens (including phenoxy) is 1. The van der Waals surface area contributed by atoms with Crippen LogP contribution in [0.2, 0.25) is 0 Å². The fourth-order valence-electron chi connectivity index (χ4n) is 2.80. The Morgan fingerprint density at radius 3 is 2.94 bits per heavy atom. The Morgan fingerprint density at radius 2 is 2.12 bits per heavy atom. The number of amides is 1. The summed E-state index contributed by atoms with van der Waals surface area (Å²) in [6.45, 7) is 0.686. The summed E-state index contributed by atoms with van der Waals surface area (Å²) in [6.07, 6.45) is 3.61. The fraction of sp³-hybridized carbons (Fsp3) is 0.500. The second-order valence-corrected chi connectivity index (χ2v) is 4.82. The average molecular weight is 231 g/mol. The van der Waals surface area contributed by atoms with Crippen molar-refractivity contribution in [3.05, 3.63) is 35.9 Å². The Labute approximate surface area is 101 Å². The molecule has 3 rings (SSSR count). The van der Waals surface area contributed by atoms with Crippen LogP contribution >= 0.6 is 0 Å². The lowest BCUT2D eigenvalue weighted by molar-refractivity contribution is -0.142. The average Bonchev–Trinajstić information content (AvgIpc) is 2.75. The highest BCUT2D eigenvalue weighted by molar-refractivity contribution is 5.77. The third kappa shape index (κ3) is 2.07. The molecule has 0 N–H and O–H groups in total. The van der Waals surface area contributed by atoms with Gasteiger partial charge in [0.15, 0.2) is 0 Å². The van der Waals surface area contributed by atoms with E-state index in [9.17, 15) is 4.79 Å². The van der Waals surface area contributed by atoms with Crippen LogP contribution in [-0.4, -0.2) is 29.7 Å². The Bertz CT molecular complexity index is 404. The molecule has 17 heavy (non-hydrogen) atoms. The number of nitrogens with zero attached hydrogens (tertiary/aromatic N) is 1. The lowest BCUT2D eigenvalue weighted by atomic mass is 10.0. The third-order valence-corrected chi connectivity index (χ3v) is 3.63. The van der Waals surface area contributed by atoms with Crippen molar-refractivity contribution in [2.24, 2.45) is 0 Å². The van der Waals surface area contributed by atoms with E-state index in [-0.39, 0.29) is 18.2 Å². The lowest BCUT2D eigenvalue weighted by Gasteiger charge is -2.32. The molecule has 2 aliphatic heterocycles. The van der Waals surface area contributed by atoms with Gasteiger partial charge in [-0.05, 0) is 24.8 Å². The first-order valence-electron chi connectivity index (χ1n) is 6.31. The van der Waals surface area contributed by atoms with Crippen LogP contribution in [0.3, 0.4) is 0 Å². The van der Waals surface area contributed by atoms with Crippen molar-refractivity contribution in [1.29, 1.82) is 0 Å². The maximum Gasteiger partial charge on any atom is 0.224 e. The monoisotopic (exact) mass is 231 g/mol. The topological polar surface area (TPSA) is 29.5 Å². The molecular weight excluding hydrogens is 214 g/mol. The molecule has 0 aromatic heterocycles. The first kappa shape index (κ1) is 10.8. The Kier molecular flexibility index (Phi) is 2.85. The van der Waals surface area contributed by atoms with Crippen molar-refractivity contribution in [3.63, 3.8) is 0 Å².